The first kappa shape index (κ1) is 74.4. The lowest BCUT2D eigenvalue weighted by Gasteiger charge is -2.43. The molecule has 88 heavy (non-hydrogen) atoms. The average molecular weight is 1380 g/mol. The van der Waals surface area contributed by atoms with E-state index >= 15 is 0 Å². The largest absolute Gasteiger partial charge is 0.309 e. The molecule has 4 aliphatic carbocycles. The van der Waals surface area contributed by atoms with Crippen LogP contribution < -0.4 is 42.5 Å². The van der Waals surface area contributed by atoms with E-state index in [2.05, 4.69) is 289 Å². The van der Waals surface area contributed by atoms with Crippen molar-refractivity contribution >= 4 is 94.1 Å². The highest BCUT2D eigenvalue weighted by Crippen LogP contribution is 2.53. The van der Waals surface area contributed by atoms with Crippen molar-refractivity contribution < 1.29 is 0 Å². The van der Waals surface area contributed by atoms with Gasteiger partial charge in [-0.3, -0.25) is 42.5 Å². The minimum atomic E-state index is 0.229. The second kappa shape index (κ2) is 36.3. The molecule has 0 radical (unpaired) electrons. The van der Waals surface area contributed by atoms with Gasteiger partial charge in [0.1, 0.15) is 0 Å². The summed E-state index contributed by atoms with van der Waals surface area (Å²) in [7, 11) is 36.1. The maximum Gasteiger partial charge on any atom is 0.0628 e. The second-order valence-electron chi connectivity index (χ2n) is 30.1. The Bertz CT molecular complexity index is 1610. The summed E-state index contributed by atoms with van der Waals surface area (Å²) in [6, 6.07) is 0. The molecule has 5 heterocycles. The van der Waals surface area contributed by atoms with Gasteiger partial charge in [0.15, 0.2) is 0 Å². The van der Waals surface area contributed by atoms with Crippen molar-refractivity contribution in [2.45, 2.75) is 143 Å². The first-order chi connectivity index (χ1) is 42.2. The van der Waals surface area contributed by atoms with Crippen molar-refractivity contribution in [1.29, 1.82) is 0 Å². The minimum Gasteiger partial charge on any atom is -0.309 e. The first-order valence-electron chi connectivity index (χ1n) is 34.4. The average Bonchev–Trinajstić information content (AvgIpc) is 1.81. The van der Waals surface area contributed by atoms with Crippen molar-refractivity contribution in [2.24, 2.45) is 47.3 Å². The molecule has 0 spiro atoms. The molecule has 0 amide bonds. The molecule has 4 saturated carbocycles. The fraction of sp³-hybridized carbons (Fsp3) is 1.00. The fourth-order valence-corrected chi connectivity index (χ4v) is 29.8. The lowest BCUT2D eigenvalue weighted by atomic mass is 9.75. The molecule has 9 fully saturated rings. The Morgan fingerprint density at radius 3 is 0.386 bits per heavy atom. The van der Waals surface area contributed by atoms with E-state index in [1.165, 1.54) is 97.4 Å². The zero-order valence-corrected chi connectivity index (χ0v) is 64.2. The third-order valence-corrected chi connectivity index (χ3v) is 32.8. The third-order valence-electron chi connectivity index (χ3n) is 21.2. The molecule has 8 bridgehead atoms. The van der Waals surface area contributed by atoms with Crippen molar-refractivity contribution in [2.75, 3.05) is 211 Å². The number of fused-ring (bicyclic) bond motifs is 20. The first-order valence-corrected chi connectivity index (χ1v) is 42.8. The van der Waals surface area contributed by atoms with Crippen LogP contribution in [0.1, 0.15) is 51.4 Å². The molecule has 0 aromatic rings. The van der Waals surface area contributed by atoms with Gasteiger partial charge in [0.05, 0.1) is 49.3 Å². The van der Waals surface area contributed by atoms with Gasteiger partial charge in [-0.15, -0.1) is 0 Å². The van der Waals surface area contributed by atoms with Gasteiger partial charge in [0.25, 0.3) is 0 Å². The van der Waals surface area contributed by atoms with E-state index in [1.807, 2.05) is 0 Å². The highest BCUT2D eigenvalue weighted by Gasteiger charge is 2.59. The van der Waals surface area contributed by atoms with Crippen molar-refractivity contribution in [1.82, 2.24) is 81.7 Å². The van der Waals surface area contributed by atoms with Gasteiger partial charge in [-0.1, -0.05) is 0 Å². The smallest absolute Gasteiger partial charge is 0.0628 e. The minimum absolute atomic E-state index is 0.229. The maximum atomic E-state index is 4.65. The van der Waals surface area contributed by atoms with E-state index in [1.54, 1.807) is 0 Å². The topological polar surface area (TPSA) is 122 Å². The van der Waals surface area contributed by atoms with Gasteiger partial charge in [-0.25, -0.2) is 0 Å². The van der Waals surface area contributed by atoms with E-state index in [9.17, 15) is 0 Å². The van der Waals surface area contributed by atoms with Gasteiger partial charge in [0, 0.05) is 140 Å². The molecule has 16 nitrogen and oxygen atoms in total. The van der Waals surface area contributed by atoms with E-state index in [4.69, 9.17) is 0 Å². The van der Waals surface area contributed by atoms with Gasteiger partial charge in [0.2, 0.25) is 0 Å². The number of rotatable bonds is 32. The SMILES string of the molecule is CN(C)CCSC1CC2C3NC(NC4NC(NC5NC(NC6NC(N3)C3CC(SCCN(C)C)C(SCCN(C)C)CC63)C3CC(SCCN(C)C)C(SCCN(C)C)CC53)C3CC(SCCN(C)C)C(SCCN(C)C)CC43)C2CC1SCCN(C)C. The predicted molar refractivity (Wildman–Crippen MR) is 399 cm³/mol. The monoisotopic (exact) mass is 1380 g/mol. The van der Waals surface area contributed by atoms with Crippen LogP contribution in [-0.4, -0.2) is 342 Å². The number of hydrogen-bond acceptors (Lipinski definition) is 24. The van der Waals surface area contributed by atoms with Crippen LogP contribution in [0.3, 0.4) is 0 Å². The van der Waals surface area contributed by atoms with Crippen molar-refractivity contribution in [3.63, 3.8) is 0 Å². The zero-order chi connectivity index (χ0) is 62.8. The van der Waals surface area contributed by atoms with E-state index in [0.29, 0.717) is 89.3 Å². The summed E-state index contributed by atoms with van der Waals surface area (Å²) in [6.45, 7) is 9.10. The molecular weight excluding hydrogens is 1250 g/mol. The Labute approximate surface area is 572 Å². The van der Waals surface area contributed by atoms with Crippen molar-refractivity contribution in [3.05, 3.63) is 0 Å². The van der Waals surface area contributed by atoms with Crippen LogP contribution in [0, 0.1) is 47.3 Å². The quantitative estimate of drug-likeness (QED) is 0.0471. The van der Waals surface area contributed by atoms with Crippen LogP contribution in [0.25, 0.3) is 0 Å². The standard InChI is InChI=1S/C64H128N16S8/c1-73(2)17-25-81-49-33-41-42(34-50(49)82-26-18-74(3)4)58-65-57(41)69-59-43-35-51(83-27-19-75(5)6)52(84-28-20-76(7)8)36-44(43)61(66-59)71-63-47-39-55(87-31-23-79(13)14)56(88-32-24-80(15)16)40-48(47)64(68-63)72-62-46-38-54(86-30-22-78(11)12)53(85-29-21-77(9)10)37-45(46)60(67-62)70-58/h41-72H,17-40H2,1-16H3. The van der Waals surface area contributed by atoms with Crippen molar-refractivity contribution in [3.8, 4) is 0 Å². The molecule has 5 aliphatic heterocycles. The molecule has 9 aliphatic rings. The summed E-state index contributed by atoms with van der Waals surface area (Å²) in [6.07, 6.45) is 12.0. The molecule has 16 atom stereocenters. The molecule has 24 heteroatoms. The summed E-state index contributed by atoms with van der Waals surface area (Å²) in [5.74, 6) is 13.9. The molecule has 9 rings (SSSR count). The summed E-state index contributed by atoms with van der Waals surface area (Å²) in [5, 5.41) is 42.0. The molecule has 5 saturated heterocycles. The van der Waals surface area contributed by atoms with Crippen LogP contribution in [-0.2, 0) is 0 Å². The molecule has 16 unspecified atom stereocenters. The molecule has 8 N–H and O–H groups in total. The number of hydrogen-bond donors (Lipinski definition) is 8. The lowest BCUT2D eigenvalue weighted by Crippen LogP contribution is -2.61. The lowest BCUT2D eigenvalue weighted by molar-refractivity contribution is 0.175. The van der Waals surface area contributed by atoms with E-state index in [-0.39, 0.29) is 49.3 Å². The fourth-order valence-electron chi connectivity index (χ4n) is 16.2. The Balaban J connectivity index is 1.10. The second-order valence-corrected chi connectivity index (χ2v) is 40.8. The zero-order valence-electron chi connectivity index (χ0n) is 57.7. The van der Waals surface area contributed by atoms with Crippen LogP contribution in [0.2, 0.25) is 0 Å². The highest BCUT2D eigenvalue weighted by molar-refractivity contribution is 8.05. The van der Waals surface area contributed by atoms with Gasteiger partial charge in [-0.05, 0) is 211 Å². The predicted octanol–water partition coefficient (Wildman–Crippen LogP) is 4.79. The summed E-state index contributed by atoms with van der Waals surface area (Å²) in [5.41, 5.74) is 0. The Morgan fingerprint density at radius 1 is 0.193 bits per heavy atom. The summed E-state index contributed by atoms with van der Waals surface area (Å²) < 4.78 is 0. The Kier molecular flexibility index (Phi) is 30.7. The molecule has 0 aromatic carbocycles. The maximum absolute atomic E-state index is 4.65. The highest BCUT2D eigenvalue weighted by atomic mass is 32.2. The normalized spacial score (nSPS) is 40.1. The number of nitrogens with zero attached hydrogens (tertiary/aromatic N) is 8. The van der Waals surface area contributed by atoms with E-state index < -0.39 is 0 Å². The Morgan fingerprint density at radius 2 is 0.295 bits per heavy atom. The summed E-state index contributed by atoms with van der Waals surface area (Å²) in [4.78, 5) is 19.2. The Hall–Kier alpha value is 2.16. The van der Waals surface area contributed by atoms with Gasteiger partial charge in [-0.2, -0.15) is 94.1 Å². The van der Waals surface area contributed by atoms with E-state index in [0.717, 1.165) is 52.4 Å². The van der Waals surface area contributed by atoms with Crippen LogP contribution in [0.4, 0.5) is 0 Å². The van der Waals surface area contributed by atoms with Gasteiger partial charge < -0.3 is 39.2 Å². The van der Waals surface area contributed by atoms with Crippen LogP contribution in [0.15, 0.2) is 0 Å². The number of nitrogens with one attached hydrogen (secondary N) is 8. The van der Waals surface area contributed by atoms with Gasteiger partial charge >= 0.3 is 0 Å². The summed E-state index contributed by atoms with van der Waals surface area (Å²) >= 11 is 18.4. The molecular formula is C64H128N16S8. The third kappa shape index (κ3) is 21.1. The van der Waals surface area contributed by atoms with Crippen LogP contribution >= 0.6 is 94.1 Å². The van der Waals surface area contributed by atoms with Crippen LogP contribution in [0.5, 0.6) is 0 Å². The number of thioether (sulfide) groups is 8. The molecule has 0 aromatic heterocycles. The molecule has 512 valence electrons.